The van der Waals surface area contributed by atoms with Crippen LogP contribution in [0.5, 0.6) is 0 Å². The summed E-state index contributed by atoms with van der Waals surface area (Å²) in [5.74, 6) is -1.71. The molecule has 0 aromatic carbocycles. The van der Waals surface area contributed by atoms with Crippen LogP contribution in [0, 0.1) is 31.6 Å². The summed E-state index contributed by atoms with van der Waals surface area (Å²) in [5.41, 5.74) is -0.969. The van der Waals surface area contributed by atoms with Crippen molar-refractivity contribution < 1.29 is 29.7 Å². The second kappa shape index (κ2) is 4.80. The highest BCUT2D eigenvalue weighted by molar-refractivity contribution is 5.71. The monoisotopic (exact) mass is 250 g/mol. The summed E-state index contributed by atoms with van der Waals surface area (Å²) in [6.07, 6.45) is 0.119. The minimum Gasteiger partial charge on any atom is -0.481 e. The highest BCUT2D eigenvalue weighted by Crippen LogP contribution is 2.46. The molecule has 0 heterocycles. The molecule has 10 nitrogen and oxygen atoms in total. The van der Waals surface area contributed by atoms with E-state index in [1.54, 1.807) is 0 Å². The molecule has 0 atom stereocenters. The Morgan fingerprint density at radius 3 is 1.94 bits per heavy atom. The second-order valence-electron chi connectivity index (χ2n) is 3.94. The first kappa shape index (κ1) is 12.9. The standard InChI is InChI=1S/C7H10N2O8/c10-6(11)5-1-7(2-5,3-16-8(12)13)4-17-9(14)15/h5H,1-4H2,(H,10,11). The summed E-state index contributed by atoms with van der Waals surface area (Å²) < 4.78 is 0. The number of hydrogen-bond donors (Lipinski definition) is 1. The number of carboxylic acids is 1. The molecule has 0 spiro atoms. The zero-order valence-corrected chi connectivity index (χ0v) is 8.61. The first-order valence-corrected chi connectivity index (χ1v) is 4.62. The molecule has 0 bridgehead atoms. The molecule has 0 unspecified atom stereocenters. The van der Waals surface area contributed by atoms with Crippen LogP contribution in [-0.2, 0) is 14.5 Å². The summed E-state index contributed by atoms with van der Waals surface area (Å²) in [7, 11) is 0. The summed E-state index contributed by atoms with van der Waals surface area (Å²) in [6, 6.07) is 0. The van der Waals surface area contributed by atoms with Gasteiger partial charge in [-0.1, -0.05) is 0 Å². The van der Waals surface area contributed by atoms with Gasteiger partial charge < -0.3 is 14.8 Å². The van der Waals surface area contributed by atoms with E-state index in [4.69, 9.17) is 5.11 Å². The smallest absolute Gasteiger partial charge is 0.306 e. The van der Waals surface area contributed by atoms with E-state index in [0.29, 0.717) is 0 Å². The van der Waals surface area contributed by atoms with Crippen molar-refractivity contribution in [3.63, 3.8) is 0 Å². The molecule has 1 fully saturated rings. The predicted octanol–water partition coefficient (Wildman–Crippen LogP) is -0.116. The zero-order valence-electron chi connectivity index (χ0n) is 8.61. The lowest BCUT2D eigenvalue weighted by atomic mass is 9.63. The van der Waals surface area contributed by atoms with E-state index < -0.39 is 40.7 Å². The third-order valence-electron chi connectivity index (χ3n) is 2.66. The quantitative estimate of drug-likeness (QED) is 0.486. The van der Waals surface area contributed by atoms with Gasteiger partial charge in [0.05, 0.1) is 5.92 Å². The summed E-state index contributed by atoms with van der Waals surface area (Å²) in [4.78, 5) is 38.9. The molecule has 96 valence electrons. The summed E-state index contributed by atoms with van der Waals surface area (Å²) in [6.45, 7) is -0.810. The first-order chi connectivity index (χ1) is 7.84. The SMILES string of the molecule is O=C(O)C1CC(CO[N+](=O)[O-])(CO[N+](=O)[O-])C1. The van der Waals surface area contributed by atoms with Crippen LogP contribution in [-0.4, -0.2) is 34.5 Å². The van der Waals surface area contributed by atoms with Crippen molar-refractivity contribution >= 4 is 5.97 Å². The van der Waals surface area contributed by atoms with Gasteiger partial charge >= 0.3 is 5.97 Å². The molecule has 17 heavy (non-hydrogen) atoms. The number of carbonyl (C=O) groups is 1. The van der Waals surface area contributed by atoms with Gasteiger partial charge in [0.2, 0.25) is 0 Å². The van der Waals surface area contributed by atoms with Crippen molar-refractivity contribution in [1.82, 2.24) is 0 Å². The predicted molar refractivity (Wildman–Crippen MR) is 48.7 cm³/mol. The Labute approximate surface area is 94.3 Å². The molecule has 0 aliphatic heterocycles. The number of carboxylic acid groups (broad SMARTS) is 1. The van der Waals surface area contributed by atoms with E-state index in [2.05, 4.69) is 9.68 Å². The van der Waals surface area contributed by atoms with Crippen LogP contribution in [0.2, 0.25) is 0 Å². The number of aliphatic carboxylic acids is 1. The molecule has 1 aliphatic rings. The molecule has 1 rings (SSSR count). The van der Waals surface area contributed by atoms with Gasteiger partial charge in [-0.25, -0.2) is 0 Å². The van der Waals surface area contributed by atoms with E-state index in [1.807, 2.05) is 0 Å². The van der Waals surface area contributed by atoms with Crippen molar-refractivity contribution in [2.24, 2.45) is 11.3 Å². The van der Waals surface area contributed by atoms with E-state index in [-0.39, 0.29) is 12.8 Å². The van der Waals surface area contributed by atoms with Gasteiger partial charge in [0, 0.05) is 5.41 Å². The van der Waals surface area contributed by atoms with E-state index >= 15 is 0 Å². The topological polar surface area (TPSA) is 142 Å². The number of nitrogens with zero attached hydrogens (tertiary/aromatic N) is 2. The molecule has 1 saturated carbocycles. The fraction of sp³-hybridized carbons (Fsp3) is 0.857. The van der Waals surface area contributed by atoms with Crippen LogP contribution < -0.4 is 0 Å². The highest BCUT2D eigenvalue weighted by Gasteiger charge is 2.49. The van der Waals surface area contributed by atoms with Crippen LogP contribution >= 0.6 is 0 Å². The molecule has 0 saturated heterocycles. The van der Waals surface area contributed by atoms with Crippen LogP contribution in [0.3, 0.4) is 0 Å². The molecular formula is C7H10N2O8. The average molecular weight is 250 g/mol. The maximum atomic E-state index is 10.6. The lowest BCUT2D eigenvalue weighted by molar-refractivity contribution is -0.773. The van der Waals surface area contributed by atoms with E-state index in [9.17, 15) is 25.0 Å². The van der Waals surface area contributed by atoms with Gasteiger partial charge in [-0.15, -0.1) is 20.2 Å². The van der Waals surface area contributed by atoms with Crippen LogP contribution in [0.25, 0.3) is 0 Å². The average Bonchev–Trinajstić information content (AvgIpc) is 2.14. The normalized spacial score (nSPS) is 17.9. The summed E-state index contributed by atoms with van der Waals surface area (Å²) >= 11 is 0. The maximum Gasteiger partial charge on any atom is 0.306 e. The van der Waals surface area contributed by atoms with Crippen molar-refractivity contribution in [3.8, 4) is 0 Å². The van der Waals surface area contributed by atoms with Crippen molar-refractivity contribution in [2.75, 3.05) is 13.2 Å². The Kier molecular flexibility index (Phi) is 3.66. The van der Waals surface area contributed by atoms with Gasteiger partial charge in [0.1, 0.15) is 13.2 Å². The second-order valence-corrected chi connectivity index (χ2v) is 3.94. The Hall–Kier alpha value is -2.13. The van der Waals surface area contributed by atoms with Crippen LogP contribution in [0.1, 0.15) is 12.8 Å². The Balaban J connectivity index is 2.52. The summed E-state index contributed by atoms with van der Waals surface area (Å²) in [5, 5.41) is 26.7. The van der Waals surface area contributed by atoms with Gasteiger partial charge in [-0.05, 0) is 12.8 Å². The fourth-order valence-electron chi connectivity index (χ4n) is 1.82. The van der Waals surface area contributed by atoms with Crippen molar-refractivity contribution in [2.45, 2.75) is 12.8 Å². The molecule has 1 aliphatic carbocycles. The Bertz CT molecular complexity index is 309. The van der Waals surface area contributed by atoms with Crippen LogP contribution in [0.4, 0.5) is 0 Å². The number of hydrogen-bond acceptors (Lipinski definition) is 7. The lowest BCUT2D eigenvalue weighted by Gasteiger charge is -2.44. The molecule has 0 aromatic rings. The molecule has 0 amide bonds. The first-order valence-electron chi connectivity index (χ1n) is 4.62. The minimum absolute atomic E-state index is 0.0595. The maximum absolute atomic E-state index is 10.6. The van der Waals surface area contributed by atoms with Crippen molar-refractivity contribution in [3.05, 3.63) is 20.2 Å². The van der Waals surface area contributed by atoms with Gasteiger partial charge in [-0.2, -0.15) is 0 Å². The molecule has 0 radical (unpaired) electrons. The molecule has 0 aromatic heterocycles. The van der Waals surface area contributed by atoms with Gasteiger partial charge in [-0.3, -0.25) is 4.79 Å². The third-order valence-corrected chi connectivity index (χ3v) is 2.66. The Morgan fingerprint density at radius 2 is 1.65 bits per heavy atom. The van der Waals surface area contributed by atoms with E-state index in [1.165, 1.54) is 0 Å². The number of rotatable bonds is 7. The van der Waals surface area contributed by atoms with Crippen LogP contribution in [0.15, 0.2) is 0 Å². The molecule has 1 N–H and O–H groups in total. The largest absolute Gasteiger partial charge is 0.481 e. The zero-order chi connectivity index (χ0) is 13.1. The fourth-order valence-corrected chi connectivity index (χ4v) is 1.82. The van der Waals surface area contributed by atoms with Gasteiger partial charge in [0.25, 0.3) is 10.2 Å². The molecule has 10 heteroatoms. The lowest BCUT2D eigenvalue weighted by Crippen LogP contribution is -2.48. The van der Waals surface area contributed by atoms with Crippen molar-refractivity contribution in [1.29, 1.82) is 0 Å². The minimum atomic E-state index is -1.04. The Morgan fingerprint density at radius 1 is 1.24 bits per heavy atom. The third kappa shape index (κ3) is 3.43. The van der Waals surface area contributed by atoms with Gasteiger partial charge in [0.15, 0.2) is 0 Å². The molecular weight excluding hydrogens is 240 g/mol. The highest BCUT2D eigenvalue weighted by atomic mass is 17.0. The van der Waals surface area contributed by atoms with E-state index in [0.717, 1.165) is 0 Å².